The molecule has 1 aliphatic rings. The normalized spacial score (nSPS) is 16.7. The number of likely N-dealkylation sites (tertiary alicyclic amines) is 1. The molecule has 3 nitrogen and oxygen atoms in total. The maximum atomic E-state index is 13.7. The average molecular weight is 283 g/mol. The van der Waals surface area contributed by atoms with Crippen molar-refractivity contribution in [1.29, 1.82) is 0 Å². The summed E-state index contributed by atoms with van der Waals surface area (Å²) in [6, 6.07) is 4.31. The lowest BCUT2D eigenvalue weighted by Gasteiger charge is -2.31. The van der Waals surface area contributed by atoms with Crippen molar-refractivity contribution < 1.29 is 13.9 Å². The van der Waals surface area contributed by atoms with E-state index < -0.39 is 5.82 Å². The minimum absolute atomic E-state index is 0.109. The third-order valence-corrected chi connectivity index (χ3v) is 3.76. The van der Waals surface area contributed by atoms with Crippen LogP contribution in [0.4, 0.5) is 4.39 Å². The van der Waals surface area contributed by atoms with Gasteiger partial charge in [-0.2, -0.15) is 0 Å². The Bertz CT molecular complexity index is 459. The van der Waals surface area contributed by atoms with Crippen molar-refractivity contribution in [3.63, 3.8) is 0 Å². The van der Waals surface area contributed by atoms with E-state index in [-0.39, 0.29) is 11.5 Å². The van der Waals surface area contributed by atoms with Crippen LogP contribution in [0.5, 0.6) is 0 Å². The maximum Gasteiger partial charge on any atom is 0.256 e. The molecular weight excluding hydrogens is 265 g/mol. The van der Waals surface area contributed by atoms with Crippen molar-refractivity contribution in [2.45, 2.75) is 17.7 Å². The third kappa shape index (κ3) is 3.48. The van der Waals surface area contributed by atoms with E-state index in [9.17, 15) is 9.18 Å². The van der Waals surface area contributed by atoms with Gasteiger partial charge in [-0.25, -0.2) is 4.39 Å². The Morgan fingerprint density at radius 1 is 1.47 bits per heavy atom. The van der Waals surface area contributed by atoms with Gasteiger partial charge in [-0.3, -0.25) is 4.79 Å². The number of carbonyl (C=O) groups is 1. The number of amides is 1. The second-order valence-electron chi connectivity index (χ2n) is 4.86. The molecule has 0 unspecified atom stereocenters. The van der Waals surface area contributed by atoms with E-state index in [1.165, 1.54) is 12.1 Å². The summed E-state index contributed by atoms with van der Waals surface area (Å²) in [5.41, 5.74) is 0.109. The number of benzene rings is 1. The lowest BCUT2D eigenvalue weighted by molar-refractivity contribution is 0.0609. The van der Waals surface area contributed by atoms with Crippen LogP contribution in [-0.2, 0) is 4.74 Å². The minimum Gasteiger partial charge on any atom is -0.384 e. The van der Waals surface area contributed by atoms with Crippen LogP contribution >= 0.6 is 12.6 Å². The van der Waals surface area contributed by atoms with Crippen molar-refractivity contribution in [2.75, 3.05) is 26.8 Å². The molecule has 19 heavy (non-hydrogen) atoms. The molecule has 1 fully saturated rings. The third-order valence-electron chi connectivity index (χ3n) is 3.48. The monoisotopic (exact) mass is 283 g/mol. The standard InChI is InChI=1S/C14H18FNO2S/c1-18-9-10-4-6-16(7-5-10)14(17)12-8-11(19)2-3-13(12)15/h2-3,8,10,19H,4-7,9H2,1H3. The predicted octanol–water partition coefficient (Wildman–Crippen LogP) is 2.61. The molecule has 0 bridgehead atoms. The van der Waals surface area contributed by atoms with Crippen LogP contribution in [0.3, 0.4) is 0 Å². The Hall–Kier alpha value is -1.07. The number of nitrogens with zero attached hydrogens (tertiary/aromatic N) is 1. The van der Waals surface area contributed by atoms with Crippen molar-refractivity contribution in [1.82, 2.24) is 4.90 Å². The summed E-state index contributed by atoms with van der Waals surface area (Å²) in [6.45, 7) is 2.04. The van der Waals surface area contributed by atoms with Gasteiger partial charge in [-0.1, -0.05) is 0 Å². The highest BCUT2D eigenvalue weighted by Crippen LogP contribution is 2.21. The highest BCUT2D eigenvalue weighted by atomic mass is 32.1. The highest BCUT2D eigenvalue weighted by Gasteiger charge is 2.25. The van der Waals surface area contributed by atoms with Crippen LogP contribution in [0.25, 0.3) is 0 Å². The van der Waals surface area contributed by atoms with Crippen molar-refractivity contribution >= 4 is 18.5 Å². The van der Waals surface area contributed by atoms with Gasteiger partial charge in [-0.05, 0) is 37.0 Å². The molecule has 1 saturated heterocycles. The van der Waals surface area contributed by atoms with Gasteiger partial charge in [-0.15, -0.1) is 12.6 Å². The Morgan fingerprint density at radius 3 is 2.79 bits per heavy atom. The van der Waals surface area contributed by atoms with Gasteiger partial charge in [0.05, 0.1) is 5.56 Å². The van der Waals surface area contributed by atoms with Crippen LogP contribution in [0.15, 0.2) is 23.1 Å². The topological polar surface area (TPSA) is 29.5 Å². The summed E-state index contributed by atoms with van der Waals surface area (Å²) in [7, 11) is 1.69. The van der Waals surface area contributed by atoms with E-state index in [2.05, 4.69) is 12.6 Å². The largest absolute Gasteiger partial charge is 0.384 e. The summed E-state index contributed by atoms with van der Waals surface area (Å²) in [5.74, 6) is -0.235. The van der Waals surface area contributed by atoms with Crippen LogP contribution in [0.2, 0.25) is 0 Å². The van der Waals surface area contributed by atoms with Crippen molar-refractivity contribution in [3.05, 3.63) is 29.6 Å². The molecule has 0 atom stereocenters. The fourth-order valence-electron chi connectivity index (χ4n) is 2.39. The molecule has 0 aromatic heterocycles. The summed E-state index contributed by atoms with van der Waals surface area (Å²) in [5, 5.41) is 0. The number of hydrogen-bond acceptors (Lipinski definition) is 3. The number of carbonyl (C=O) groups excluding carboxylic acids is 1. The molecule has 5 heteroatoms. The number of rotatable bonds is 3. The van der Waals surface area contributed by atoms with Crippen LogP contribution in [-0.4, -0.2) is 37.6 Å². The second kappa shape index (κ2) is 6.39. The Kier molecular flexibility index (Phi) is 4.82. The smallest absolute Gasteiger partial charge is 0.256 e. The van der Waals surface area contributed by atoms with Crippen molar-refractivity contribution in [3.8, 4) is 0 Å². The minimum atomic E-state index is -0.484. The first-order valence-electron chi connectivity index (χ1n) is 6.38. The van der Waals surface area contributed by atoms with Gasteiger partial charge < -0.3 is 9.64 Å². The molecular formula is C14H18FNO2S. The van der Waals surface area contributed by atoms with Gasteiger partial charge in [0.15, 0.2) is 0 Å². The zero-order chi connectivity index (χ0) is 13.8. The first kappa shape index (κ1) is 14.3. The number of ether oxygens (including phenoxy) is 1. The first-order chi connectivity index (χ1) is 9.11. The SMILES string of the molecule is COCC1CCN(C(=O)c2cc(S)ccc2F)CC1. The van der Waals surface area contributed by atoms with Crippen molar-refractivity contribution in [2.24, 2.45) is 5.92 Å². The number of halogens is 1. The zero-order valence-corrected chi connectivity index (χ0v) is 11.8. The molecule has 2 rings (SSSR count). The van der Waals surface area contributed by atoms with E-state index in [0.717, 1.165) is 19.4 Å². The first-order valence-corrected chi connectivity index (χ1v) is 6.83. The van der Waals surface area contributed by atoms with E-state index in [4.69, 9.17) is 4.74 Å². The van der Waals surface area contributed by atoms with Gasteiger partial charge in [0.25, 0.3) is 5.91 Å². The lowest BCUT2D eigenvalue weighted by Crippen LogP contribution is -2.39. The molecule has 1 aliphatic heterocycles. The Labute approximate surface area is 118 Å². The maximum absolute atomic E-state index is 13.7. The molecule has 0 N–H and O–H groups in total. The summed E-state index contributed by atoms with van der Waals surface area (Å²) in [6.07, 6.45) is 1.81. The molecule has 1 aromatic rings. The van der Waals surface area contributed by atoms with E-state index >= 15 is 0 Å². The number of methoxy groups -OCH3 is 1. The Balaban J connectivity index is 2.03. The number of hydrogen-bond donors (Lipinski definition) is 1. The van der Waals surface area contributed by atoms with Crippen LogP contribution < -0.4 is 0 Å². The van der Waals surface area contributed by atoms with E-state index in [1.54, 1.807) is 18.1 Å². The molecule has 104 valence electrons. The quantitative estimate of drug-likeness (QED) is 0.864. The highest BCUT2D eigenvalue weighted by molar-refractivity contribution is 7.80. The lowest BCUT2D eigenvalue weighted by atomic mass is 9.97. The number of piperidine rings is 1. The molecule has 0 radical (unpaired) electrons. The molecule has 1 heterocycles. The van der Waals surface area contributed by atoms with Gasteiger partial charge in [0.2, 0.25) is 0 Å². The molecule has 1 aromatic carbocycles. The molecule has 0 aliphatic carbocycles. The second-order valence-corrected chi connectivity index (χ2v) is 5.37. The van der Waals surface area contributed by atoms with Gasteiger partial charge >= 0.3 is 0 Å². The van der Waals surface area contributed by atoms with E-state index in [0.29, 0.717) is 23.9 Å². The zero-order valence-electron chi connectivity index (χ0n) is 10.9. The average Bonchev–Trinajstić information content (AvgIpc) is 2.42. The molecule has 0 saturated carbocycles. The number of thiol groups is 1. The molecule has 0 spiro atoms. The van der Waals surface area contributed by atoms with Crippen LogP contribution in [0.1, 0.15) is 23.2 Å². The van der Waals surface area contributed by atoms with E-state index in [1.807, 2.05) is 0 Å². The van der Waals surface area contributed by atoms with Gasteiger partial charge in [0, 0.05) is 31.7 Å². The van der Waals surface area contributed by atoms with Crippen LogP contribution in [0, 0.1) is 11.7 Å². The fraction of sp³-hybridized carbons (Fsp3) is 0.500. The summed E-state index contributed by atoms with van der Waals surface area (Å²) in [4.78, 5) is 14.6. The summed E-state index contributed by atoms with van der Waals surface area (Å²) >= 11 is 4.15. The van der Waals surface area contributed by atoms with Gasteiger partial charge in [0.1, 0.15) is 5.82 Å². The molecule has 1 amide bonds. The fourth-order valence-corrected chi connectivity index (χ4v) is 2.59. The Morgan fingerprint density at radius 2 is 2.16 bits per heavy atom. The predicted molar refractivity (Wildman–Crippen MR) is 74.2 cm³/mol. The summed E-state index contributed by atoms with van der Waals surface area (Å²) < 4.78 is 18.8.